The third-order valence-corrected chi connectivity index (χ3v) is 10.2. The molecule has 0 aromatic rings. The third kappa shape index (κ3) is 3.72. The monoisotopic (exact) mass is 488 g/mol. The first-order valence-electron chi connectivity index (χ1n) is 12.9. The minimum Gasteiger partial charge on any atom is -0.465 e. The number of ether oxygens (including phenoxy) is 1. The molecule has 1 saturated carbocycles. The first-order valence-corrected chi connectivity index (χ1v) is 13.7. The summed E-state index contributed by atoms with van der Waals surface area (Å²) in [4.78, 5) is 45.3. The lowest BCUT2D eigenvalue weighted by atomic mass is 9.74. The fourth-order valence-corrected chi connectivity index (χ4v) is 9.01. The number of nitrogens with zero attached hydrogens (tertiary/aromatic N) is 2. The summed E-state index contributed by atoms with van der Waals surface area (Å²) in [7, 11) is 0. The summed E-state index contributed by atoms with van der Waals surface area (Å²) in [6.07, 6.45) is 15.6. The van der Waals surface area contributed by atoms with Crippen LogP contribution in [0.25, 0.3) is 0 Å². The number of esters is 1. The minimum atomic E-state index is -0.802. The van der Waals surface area contributed by atoms with Crippen molar-refractivity contribution in [2.75, 3.05) is 26.3 Å². The highest BCUT2D eigenvalue weighted by molar-refractivity contribution is 8.02. The maximum Gasteiger partial charge on any atom is 0.311 e. The lowest BCUT2D eigenvalue weighted by Gasteiger charge is -2.40. The van der Waals surface area contributed by atoms with Crippen LogP contribution in [0.5, 0.6) is 0 Å². The van der Waals surface area contributed by atoms with Gasteiger partial charge in [0.1, 0.15) is 6.04 Å². The second-order valence-electron chi connectivity index (χ2n) is 10.5. The van der Waals surface area contributed by atoms with Crippen LogP contribution in [0.3, 0.4) is 0 Å². The number of hydrogen-bond donors (Lipinski definition) is 1. The standard InChI is InChI=1S/C26H36N2O5S/c1-25-12-5-8-17-33-24(32)20(25)19-22(30)28(14-6-7-16-29)21-23(31)27(18-10-3-2-4-11-18)15-9-13-26(19,21)34-25/h5,9,12-13,18-21,29H,2-4,6-8,10-11,14-17H2,1H3/t19-,20+,21?,25-,26-/m0/s1. The van der Waals surface area contributed by atoms with Crippen molar-refractivity contribution in [1.29, 1.82) is 0 Å². The zero-order valence-electron chi connectivity index (χ0n) is 20.0. The molecule has 5 rings (SSSR count). The smallest absolute Gasteiger partial charge is 0.311 e. The Morgan fingerprint density at radius 1 is 1.06 bits per heavy atom. The number of aliphatic hydroxyl groups is 1. The van der Waals surface area contributed by atoms with Gasteiger partial charge in [0.15, 0.2) is 0 Å². The highest BCUT2D eigenvalue weighted by Gasteiger charge is 2.73. The lowest BCUT2D eigenvalue weighted by Crippen LogP contribution is -2.55. The van der Waals surface area contributed by atoms with Crippen molar-refractivity contribution in [1.82, 2.24) is 9.80 Å². The Labute approximate surface area is 205 Å². The minimum absolute atomic E-state index is 0.0134. The molecule has 1 aliphatic carbocycles. The van der Waals surface area contributed by atoms with Gasteiger partial charge in [-0.2, -0.15) is 0 Å². The van der Waals surface area contributed by atoms with Crippen molar-refractivity contribution < 1.29 is 24.2 Å². The maximum absolute atomic E-state index is 14.3. The molecule has 2 saturated heterocycles. The van der Waals surface area contributed by atoms with E-state index in [1.54, 1.807) is 16.7 Å². The number of hydrogen-bond acceptors (Lipinski definition) is 6. The van der Waals surface area contributed by atoms with Crippen LogP contribution in [0.15, 0.2) is 24.3 Å². The lowest BCUT2D eigenvalue weighted by molar-refractivity contribution is -0.154. The number of unbranched alkanes of at least 4 members (excludes halogenated alkanes) is 1. The van der Waals surface area contributed by atoms with E-state index in [1.165, 1.54) is 6.42 Å². The molecule has 34 heavy (non-hydrogen) atoms. The van der Waals surface area contributed by atoms with Crippen molar-refractivity contribution in [3.63, 3.8) is 0 Å². The summed E-state index contributed by atoms with van der Waals surface area (Å²) in [6, 6.07) is -0.435. The van der Waals surface area contributed by atoms with Crippen molar-refractivity contribution in [2.45, 2.75) is 79.9 Å². The van der Waals surface area contributed by atoms with E-state index in [4.69, 9.17) is 4.74 Å². The molecular formula is C26H36N2O5S. The first-order chi connectivity index (χ1) is 16.4. The molecular weight excluding hydrogens is 452 g/mol. The summed E-state index contributed by atoms with van der Waals surface area (Å²) in [5, 5.41) is 9.33. The van der Waals surface area contributed by atoms with Crippen LogP contribution in [-0.4, -0.2) is 80.6 Å². The molecule has 1 N–H and O–H groups in total. The Kier molecular flexibility index (Phi) is 6.57. The Balaban J connectivity index is 1.58. The van der Waals surface area contributed by atoms with Gasteiger partial charge in [0.05, 0.1) is 23.2 Å². The van der Waals surface area contributed by atoms with Crippen LogP contribution in [0.2, 0.25) is 0 Å². The number of amides is 2. The molecule has 4 aliphatic heterocycles. The van der Waals surface area contributed by atoms with E-state index >= 15 is 0 Å². The predicted molar refractivity (Wildman–Crippen MR) is 130 cm³/mol. The zero-order chi connectivity index (χ0) is 23.9. The number of likely N-dealkylation sites (tertiary alicyclic amines) is 1. The molecule has 0 aromatic carbocycles. The molecule has 8 heteroatoms. The zero-order valence-corrected chi connectivity index (χ0v) is 20.8. The molecule has 3 fully saturated rings. The predicted octanol–water partition coefficient (Wildman–Crippen LogP) is 2.68. The number of thioether (sulfide) groups is 1. The molecule has 1 spiro atoms. The molecule has 5 atom stereocenters. The fourth-order valence-electron chi connectivity index (χ4n) is 6.86. The van der Waals surface area contributed by atoms with E-state index in [0.717, 1.165) is 25.7 Å². The van der Waals surface area contributed by atoms with Crippen LogP contribution < -0.4 is 0 Å². The number of carbonyl (C=O) groups excluding carboxylic acids is 3. The Morgan fingerprint density at radius 3 is 2.62 bits per heavy atom. The highest BCUT2D eigenvalue weighted by atomic mass is 32.2. The van der Waals surface area contributed by atoms with Gasteiger partial charge in [0.2, 0.25) is 11.8 Å². The molecule has 4 heterocycles. The number of carbonyl (C=O) groups is 3. The molecule has 0 radical (unpaired) electrons. The van der Waals surface area contributed by atoms with Gasteiger partial charge in [-0.25, -0.2) is 0 Å². The second-order valence-corrected chi connectivity index (χ2v) is 12.3. The molecule has 186 valence electrons. The van der Waals surface area contributed by atoms with Crippen LogP contribution in [-0.2, 0) is 19.1 Å². The molecule has 5 aliphatic rings. The van der Waals surface area contributed by atoms with E-state index in [2.05, 4.69) is 18.2 Å². The van der Waals surface area contributed by atoms with Crippen LogP contribution >= 0.6 is 11.8 Å². The molecule has 7 nitrogen and oxygen atoms in total. The number of cyclic esters (lactones) is 1. The quantitative estimate of drug-likeness (QED) is 0.364. The van der Waals surface area contributed by atoms with E-state index in [9.17, 15) is 19.5 Å². The molecule has 2 amide bonds. The van der Waals surface area contributed by atoms with Crippen LogP contribution in [0, 0.1) is 11.8 Å². The molecule has 0 bridgehead atoms. The van der Waals surface area contributed by atoms with Crippen molar-refractivity contribution in [2.24, 2.45) is 11.8 Å². The third-order valence-electron chi connectivity index (χ3n) is 8.37. The van der Waals surface area contributed by atoms with E-state index < -0.39 is 27.4 Å². The maximum atomic E-state index is 14.3. The van der Waals surface area contributed by atoms with Gasteiger partial charge in [-0.05, 0) is 39.0 Å². The molecule has 0 aromatic heterocycles. The SMILES string of the molecule is C[C@]12C=CCCOC(=O)[C@H]1[C@H]1C(=O)N(CCCCO)C3C(=O)N(C4CCCCC4)CC=C[C@@]31S2. The van der Waals surface area contributed by atoms with Crippen LogP contribution in [0.1, 0.15) is 58.3 Å². The summed E-state index contributed by atoms with van der Waals surface area (Å²) in [5.74, 6) is -1.72. The van der Waals surface area contributed by atoms with Gasteiger partial charge >= 0.3 is 5.97 Å². The van der Waals surface area contributed by atoms with Crippen molar-refractivity contribution in [3.8, 4) is 0 Å². The number of aliphatic hydroxyl groups excluding tert-OH is 1. The van der Waals surface area contributed by atoms with Gasteiger partial charge in [0, 0.05) is 30.5 Å². The van der Waals surface area contributed by atoms with Gasteiger partial charge in [0.25, 0.3) is 0 Å². The van der Waals surface area contributed by atoms with E-state index in [-0.39, 0.29) is 30.4 Å². The molecule has 1 unspecified atom stereocenters. The Bertz CT molecular complexity index is 900. The van der Waals surface area contributed by atoms with Gasteiger partial charge in [-0.15, -0.1) is 11.8 Å². The van der Waals surface area contributed by atoms with E-state index in [0.29, 0.717) is 39.0 Å². The Morgan fingerprint density at radius 2 is 1.85 bits per heavy atom. The van der Waals surface area contributed by atoms with Gasteiger partial charge in [-0.1, -0.05) is 43.6 Å². The van der Waals surface area contributed by atoms with Crippen molar-refractivity contribution >= 4 is 29.5 Å². The summed E-state index contributed by atoms with van der Waals surface area (Å²) >= 11 is 1.60. The van der Waals surface area contributed by atoms with Crippen molar-refractivity contribution in [3.05, 3.63) is 24.3 Å². The second kappa shape index (κ2) is 9.34. The van der Waals surface area contributed by atoms with Crippen LogP contribution in [0.4, 0.5) is 0 Å². The average Bonchev–Trinajstić information content (AvgIpc) is 3.13. The first kappa shape index (κ1) is 23.9. The topological polar surface area (TPSA) is 87.1 Å². The normalized spacial score (nSPS) is 38.2. The summed E-state index contributed by atoms with van der Waals surface area (Å²) in [6.45, 7) is 3.34. The van der Waals surface area contributed by atoms with Gasteiger partial charge in [-0.3, -0.25) is 14.4 Å². The number of rotatable bonds is 5. The Hall–Kier alpha value is -1.80. The average molecular weight is 489 g/mol. The van der Waals surface area contributed by atoms with Gasteiger partial charge < -0.3 is 19.6 Å². The summed E-state index contributed by atoms with van der Waals surface area (Å²) < 4.78 is 4.16. The number of fused-ring (bicyclic) bond motifs is 2. The largest absolute Gasteiger partial charge is 0.465 e. The van der Waals surface area contributed by atoms with E-state index in [1.807, 2.05) is 17.9 Å². The highest BCUT2D eigenvalue weighted by Crippen LogP contribution is 2.65. The summed E-state index contributed by atoms with van der Waals surface area (Å²) in [5.41, 5.74) is 0. The fraction of sp³-hybridized carbons (Fsp3) is 0.731.